The molecular formula is C36H33N3O6S. The highest BCUT2D eigenvalue weighted by Crippen LogP contribution is 2.29. The number of thioether (sulfide) groups is 1. The predicted octanol–water partition coefficient (Wildman–Crippen LogP) is 5.63. The van der Waals surface area contributed by atoms with Gasteiger partial charge >= 0.3 is 5.97 Å². The third-order valence-electron chi connectivity index (χ3n) is 6.70. The lowest BCUT2D eigenvalue weighted by Crippen LogP contribution is -2.42. The molecule has 0 atom stereocenters. The topological polar surface area (TPSA) is 114 Å². The molecule has 0 fully saturated rings. The normalized spacial score (nSPS) is 14.4. The first-order valence-electron chi connectivity index (χ1n) is 14.3. The Hall–Kier alpha value is -5.48. The summed E-state index contributed by atoms with van der Waals surface area (Å²) in [6.45, 7) is 5.09. The maximum atomic E-state index is 14.0. The standard InChI is InChI=1S/C36H33N3O6S/c1-4-6-20-28(5-2)39-35(43)29(22-27-19-13-14-21-30(27)45-23-32(41)44-3)34(42)38-36(39)46-24-31(40)37-33(25-15-9-7-10-16-25)26-17-11-8-12-18-26/h4-22,33H,1,23-24H2,2-3H3,(H,37,40)/b20-6-,28-5+,29-22+. The molecule has 10 heteroatoms. The van der Waals surface area contributed by atoms with Gasteiger partial charge in [0.25, 0.3) is 11.8 Å². The fourth-order valence-corrected chi connectivity index (χ4v) is 5.28. The second-order valence-electron chi connectivity index (χ2n) is 9.72. The summed E-state index contributed by atoms with van der Waals surface area (Å²) in [6, 6.07) is 25.4. The fourth-order valence-electron chi connectivity index (χ4n) is 4.48. The Kier molecular flexibility index (Phi) is 12.0. The van der Waals surface area contributed by atoms with Crippen LogP contribution in [0.25, 0.3) is 6.08 Å². The number of para-hydroxylation sites is 1. The van der Waals surface area contributed by atoms with Gasteiger partial charge in [-0.1, -0.05) is 115 Å². The van der Waals surface area contributed by atoms with E-state index < -0.39 is 23.8 Å². The molecule has 9 nitrogen and oxygen atoms in total. The smallest absolute Gasteiger partial charge is 0.343 e. The summed E-state index contributed by atoms with van der Waals surface area (Å²) in [7, 11) is 1.25. The first-order chi connectivity index (χ1) is 22.4. The van der Waals surface area contributed by atoms with Gasteiger partial charge in [-0.25, -0.2) is 4.79 Å². The number of amides is 3. The Morgan fingerprint density at radius 3 is 2.22 bits per heavy atom. The third kappa shape index (κ3) is 8.58. The van der Waals surface area contributed by atoms with E-state index >= 15 is 0 Å². The van der Waals surface area contributed by atoms with Gasteiger partial charge in [-0.3, -0.25) is 19.3 Å². The van der Waals surface area contributed by atoms with Crippen LogP contribution in [0.2, 0.25) is 0 Å². The van der Waals surface area contributed by atoms with Gasteiger partial charge in [0.15, 0.2) is 11.8 Å². The molecule has 4 rings (SSSR count). The molecule has 1 aliphatic heterocycles. The van der Waals surface area contributed by atoms with Crippen LogP contribution in [0, 0.1) is 0 Å². The molecule has 0 saturated heterocycles. The summed E-state index contributed by atoms with van der Waals surface area (Å²) in [5.74, 6) is -2.15. The maximum absolute atomic E-state index is 14.0. The minimum atomic E-state index is -0.776. The highest BCUT2D eigenvalue weighted by Gasteiger charge is 2.35. The molecular weight excluding hydrogens is 602 g/mol. The van der Waals surface area contributed by atoms with Gasteiger partial charge in [0, 0.05) is 11.3 Å². The van der Waals surface area contributed by atoms with Crippen molar-refractivity contribution in [1.82, 2.24) is 10.2 Å². The van der Waals surface area contributed by atoms with Crippen molar-refractivity contribution in [1.29, 1.82) is 0 Å². The summed E-state index contributed by atoms with van der Waals surface area (Å²) in [4.78, 5) is 57.8. The number of carbonyl (C=O) groups is 4. The van der Waals surface area contributed by atoms with E-state index in [1.807, 2.05) is 60.7 Å². The number of rotatable bonds is 12. The summed E-state index contributed by atoms with van der Waals surface area (Å²) in [5.41, 5.74) is 2.42. The molecule has 1 aliphatic rings. The molecule has 0 saturated carbocycles. The van der Waals surface area contributed by atoms with Gasteiger partial charge in [0.05, 0.1) is 18.9 Å². The Morgan fingerprint density at radius 2 is 1.61 bits per heavy atom. The van der Waals surface area contributed by atoms with Crippen molar-refractivity contribution >= 4 is 46.7 Å². The zero-order valence-corrected chi connectivity index (χ0v) is 26.2. The minimum Gasteiger partial charge on any atom is -0.481 e. The molecule has 46 heavy (non-hydrogen) atoms. The van der Waals surface area contributed by atoms with Crippen LogP contribution in [0.4, 0.5) is 0 Å². The molecule has 0 aromatic heterocycles. The van der Waals surface area contributed by atoms with Crippen LogP contribution in [0.1, 0.15) is 29.7 Å². The number of ether oxygens (including phenoxy) is 2. The quantitative estimate of drug-likeness (QED) is 0.119. The van der Waals surface area contributed by atoms with Crippen LogP contribution in [0.3, 0.4) is 0 Å². The second kappa shape index (κ2) is 16.6. The molecule has 3 aromatic rings. The highest BCUT2D eigenvalue weighted by molar-refractivity contribution is 8.14. The molecule has 0 bridgehead atoms. The zero-order valence-electron chi connectivity index (χ0n) is 25.4. The summed E-state index contributed by atoms with van der Waals surface area (Å²) < 4.78 is 10.2. The number of benzene rings is 3. The van der Waals surface area contributed by atoms with Crippen molar-refractivity contribution in [2.24, 2.45) is 4.99 Å². The van der Waals surface area contributed by atoms with Crippen LogP contribution < -0.4 is 10.1 Å². The molecule has 234 valence electrons. The number of hydrogen-bond acceptors (Lipinski definition) is 7. The van der Waals surface area contributed by atoms with Gasteiger partial charge in [0.1, 0.15) is 11.3 Å². The van der Waals surface area contributed by atoms with Gasteiger partial charge < -0.3 is 14.8 Å². The number of aliphatic imine (C=N–C) groups is 1. The van der Waals surface area contributed by atoms with Crippen LogP contribution in [-0.2, 0) is 23.9 Å². The Bertz CT molecular complexity index is 1670. The maximum Gasteiger partial charge on any atom is 0.343 e. The van der Waals surface area contributed by atoms with Gasteiger partial charge in [-0.15, -0.1) is 0 Å². The third-order valence-corrected chi connectivity index (χ3v) is 7.64. The van der Waals surface area contributed by atoms with E-state index in [1.54, 1.807) is 55.5 Å². The minimum absolute atomic E-state index is 0.0512. The van der Waals surface area contributed by atoms with Crippen molar-refractivity contribution in [3.8, 4) is 5.75 Å². The van der Waals surface area contributed by atoms with Crippen LogP contribution in [-0.4, -0.2) is 53.2 Å². The number of amidine groups is 1. The molecule has 0 aliphatic carbocycles. The number of carbonyl (C=O) groups excluding carboxylic acids is 4. The lowest BCUT2D eigenvalue weighted by Gasteiger charge is -2.28. The lowest BCUT2D eigenvalue weighted by molar-refractivity contribution is -0.143. The lowest BCUT2D eigenvalue weighted by atomic mass is 9.99. The van der Waals surface area contributed by atoms with E-state index in [0.717, 1.165) is 22.9 Å². The van der Waals surface area contributed by atoms with Crippen LogP contribution in [0.5, 0.6) is 5.75 Å². The van der Waals surface area contributed by atoms with E-state index in [-0.39, 0.29) is 34.8 Å². The zero-order chi connectivity index (χ0) is 32.9. The molecule has 3 aromatic carbocycles. The molecule has 0 spiro atoms. The predicted molar refractivity (Wildman–Crippen MR) is 180 cm³/mol. The Balaban J connectivity index is 1.62. The number of nitrogens with zero attached hydrogens (tertiary/aromatic N) is 2. The summed E-state index contributed by atoms with van der Waals surface area (Å²) >= 11 is 0.974. The summed E-state index contributed by atoms with van der Waals surface area (Å²) in [6.07, 6.45) is 7.92. The second-order valence-corrected chi connectivity index (χ2v) is 10.7. The van der Waals surface area contributed by atoms with Crippen molar-refractivity contribution in [2.45, 2.75) is 13.0 Å². The Morgan fingerprint density at radius 1 is 0.978 bits per heavy atom. The summed E-state index contributed by atoms with van der Waals surface area (Å²) in [5, 5.41) is 3.12. The number of methoxy groups -OCH3 is 1. The molecule has 3 amide bonds. The van der Waals surface area contributed by atoms with Gasteiger partial charge in [-0.2, -0.15) is 4.99 Å². The van der Waals surface area contributed by atoms with E-state index in [0.29, 0.717) is 11.3 Å². The monoisotopic (exact) mass is 635 g/mol. The molecule has 0 unspecified atom stereocenters. The van der Waals surface area contributed by atoms with Crippen molar-refractivity contribution in [3.05, 3.63) is 144 Å². The average Bonchev–Trinajstić information content (AvgIpc) is 3.09. The molecule has 1 heterocycles. The van der Waals surface area contributed by atoms with Crippen molar-refractivity contribution in [2.75, 3.05) is 19.5 Å². The Labute approximate surface area is 272 Å². The molecule has 0 radical (unpaired) electrons. The number of hydrogen-bond donors (Lipinski definition) is 1. The van der Waals surface area contributed by atoms with Crippen molar-refractivity contribution < 1.29 is 28.7 Å². The number of allylic oxidation sites excluding steroid dienone is 4. The van der Waals surface area contributed by atoms with E-state index in [1.165, 1.54) is 18.1 Å². The largest absolute Gasteiger partial charge is 0.481 e. The van der Waals surface area contributed by atoms with Gasteiger partial charge in [0.2, 0.25) is 5.91 Å². The van der Waals surface area contributed by atoms with Crippen LogP contribution in [0.15, 0.2) is 132 Å². The number of esters is 1. The van der Waals surface area contributed by atoms with Crippen molar-refractivity contribution in [3.63, 3.8) is 0 Å². The highest BCUT2D eigenvalue weighted by atomic mass is 32.2. The van der Waals surface area contributed by atoms with E-state index in [4.69, 9.17) is 4.74 Å². The van der Waals surface area contributed by atoms with E-state index in [9.17, 15) is 19.2 Å². The number of nitrogens with one attached hydrogen (secondary N) is 1. The first kappa shape index (κ1) is 33.4. The van der Waals surface area contributed by atoms with E-state index in [2.05, 4.69) is 21.6 Å². The van der Waals surface area contributed by atoms with Crippen LogP contribution >= 0.6 is 11.8 Å². The average molecular weight is 636 g/mol. The molecule has 1 N–H and O–H groups in total. The first-order valence-corrected chi connectivity index (χ1v) is 15.3. The SMILES string of the molecule is C=C/C=C\C(=C/C)N1C(=O)/C(=C/c2ccccc2OCC(=O)OC)C(=O)N=C1SCC(=O)NC(c1ccccc1)c1ccccc1. The fraction of sp³-hybridized carbons (Fsp3) is 0.139. The van der Waals surface area contributed by atoms with Gasteiger partial charge in [-0.05, 0) is 36.3 Å².